The molecule has 0 aliphatic heterocycles. The van der Waals surface area contributed by atoms with Crippen LogP contribution in [-0.4, -0.2) is 4.57 Å². The maximum atomic E-state index is 2.43. The normalized spacial score (nSPS) is 12.6. The van der Waals surface area contributed by atoms with E-state index in [-0.39, 0.29) is 0 Å². The Morgan fingerprint density at radius 1 is 0.317 bits per heavy atom. The van der Waals surface area contributed by atoms with Gasteiger partial charge in [0.15, 0.2) is 0 Å². The highest BCUT2D eigenvalue weighted by molar-refractivity contribution is 6.10. The van der Waals surface area contributed by atoms with Gasteiger partial charge in [0.2, 0.25) is 0 Å². The molecule has 0 atom stereocenters. The lowest BCUT2D eigenvalue weighted by molar-refractivity contribution is 0.768. The Hall–Kier alpha value is -8.20. The van der Waals surface area contributed by atoms with Crippen LogP contribution in [0.25, 0.3) is 60.9 Å². The number of rotatable bonds is 8. The summed E-state index contributed by atoms with van der Waals surface area (Å²) in [6.45, 7) is 0. The number of hydrogen-bond donors (Lipinski definition) is 0. The molecule has 0 unspecified atom stereocenters. The SMILES string of the molecule is c1ccc(N(c2ccc3c(c2)-c2ccccc2C3(c2ccccc2)c2ccccc2)c2ccccc2-c2cccc(-c3ccc4c(c3)c3ccccc3n4-c3ccccc3)c2)cc1. The van der Waals surface area contributed by atoms with Crippen LogP contribution in [0.4, 0.5) is 17.1 Å². The summed E-state index contributed by atoms with van der Waals surface area (Å²) in [5.74, 6) is 0. The standard InChI is InChI=1S/C61H42N2/c1-5-22-46(23-6-1)61(47-24-7-2-8-25-47)56-33-16-13-31-52(56)54-42-50(37-38-57(54)61)62(48-26-9-3-10-27-48)58-34-17-14-30-51(58)45-21-19-20-43(40-45)44-36-39-60-55(41-44)53-32-15-18-35-59(53)63(60)49-28-11-4-12-29-49/h1-42H. The topological polar surface area (TPSA) is 8.17 Å². The van der Waals surface area contributed by atoms with E-state index in [0.29, 0.717) is 0 Å². The van der Waals surface area contributed by atoms with Crippen LogP contribution in [0.15, 0.2) is 255 Å². The average molecular weight is 803 g/mol. The predicted octanol–water partition coefficient (Wildman–Crippen LogP) is 16.0. The summed E-state index contributed by atoms with van der Waals surface area (Å²) < 4.78 is 2.38. The Balaban J connectivity index is 1.01. The molecule has 0 N–H and O–H groups in total. The van der Waals surface area contributed by atoms with Crippen LogP contribution < -0.4 is 4.90 Å². The van der Waals surface area contributed by atoms with E-state index in [1.54, 1.807) is 0 Å². The van der Waals surface area contributed by atoms with Crippen molar-refractivity contribution in [2.45, 2.75) is 5.41 Å². The van der Waals surface area contributed by atoms with Gasteiger partial charge in [-0.2, -0.15) is 0 Å². The maximum Gasteiger partial charge on any atom is 0.0713 e. The number of anilines is 3. The van der Waals surface area contributed by atoms with Crippen molar-refractivity contribution in [2.75, 3.05) is 4.90 Å². The molecule has 63 heavy (non-hydrogen) atoms. The molecule has 12 rings (SSSR count). The van der Waals surface area contributed by atoms with E-state index in [1.165, 1.54) is 66.3 Å². The highest BCUT2D eigenvalue weighted by Gasteiger charge is 2.46. The molecule has 1 aromatic heterocycles. The van der Waals surface area contributed by atoms with Gasteiger partial charge in [0.25, 0.3) is 0 Å². The van der Waals surface area contributed by atoms with Crippen molar-refractivity contribution < 1.29 is 0 Å². The molecule has 0 saturated carbocycles. The quantitative estimate of drug-likeness (QED) is 0.149. The van der Waals surface area contributed by atoms with E-state index in [1.807, 2.05) is 0 Å². The first-order valence-corrected chi connectivity index (χ1v) is 21.8. The molecule has 11 aromatic rings. The molecule has 0 amide bonds. The molecule has 10 aromatic carbocycles. The molecule has 1 aliphatic carbocycles. The first-order valence-electron chi connectivity index (χ1n) is 21.8. The number of hydrogen-bond acceptors (Lipinski definition) is 1. The second-order valence-electron chi connectivity index (χ2n) is 16.4. The first-order chi connectivity index (χ1) is 31.3. The Kier molecular flexibility index (Phi) is 8.76. The summed E-state index contributed by atoms with van der Waals surface area (Å²) in [7, 11) is 0. The van der Waals surface area contributed by atoms with Gasteiger partial charge in [0.1, 0.15) is 0 Å². The second-order valence-corrected chi connectivity index (χ2v) is 16.4. The molecule has 0 bridgehead atoms. The number of nitrogens with zero attached hydrogens (tertiary/aromatic N) is 2. The summed E-state index contributed by atoms with van der Waals surface area (Å²) in [4.78, 5) is 2.43. The summed E-state index contributed by atoms with van der Waals surface area (Å²) in [5.41, 5.74) is 18.8. The highest BCUT2D eigenvalue weighted by atomic mass is 15.1. The van der Waals surface area contributed by atoms with Crippen LogP contribution in [0.3, 0.4) is 0 Å². The van der Waals surface area contributed by atoms with Crippen molar-refractivity contribution in [2.24, 2.45) is 0 Å². The van der Waals surface area contributed by atoms with E-state index in [4.69, 9.17) is 0 Å². The maximum absolute atomic E-state index is 2.43. The Morgan fingerprint density at radius 2 is 0.889 bits per heavy atom. The average Bonchev–Trinajstić information content (AvgIpc) is 3.86. The fourth-order valence-electron chi connectivity index (χ4n) is 10.4. The van der Waals surface area contributed by atoms with Gasteiger partial charge in [-0.05, 0) is 117 Å². The van der Waals surface area contributed by atoms with Gasteiger partial charge >= 0.3 is 0 Å². The summed E-state index contributed by atoms with van der Waals surface area (Å²) in [6.07, 6.45) is 0. The molecule has 2 nitrogen and oxygen atoms in total. The minimum Gasteiger partial charge on any atom is -0.310 e. The zero-order valence-corrected chi connectivity index (χ0v) is 34.6. The second kappa shape index (κ2) is 15.1. The molecule has 1 heterocycles. The van der Waals surface area contributed by atoms with Gasteiger partial charge in [-0.3, -0.25) is 0 Å². The highest BCUT2D eigenvalue weighted by Crippen LogP contribution is 2.57. The molecule has 296 valence electrons. The van der Waals surface area contributed by atoms with Crippen LogP contribution >= 0.6 is 0 Å². The minimum atomic E-state index is -0.456. The van der Waals surface area contributed by atoms with Gasteiger partial charge in [-0.25, -0.2) is 0 Å². The minimum absolute atomic E-state index is 0.456. The van der Waals surface area contributed by atoms with Gasteiger partial charge in [0.05, 0.1) is 22.1 Å². The lowest BCUT2D eigenvalue weighted by Crippen LogP contribution is -2.28. The van der Waals surface area contributed by atoms with Crippen LogP contribution in [0.5, 0.6) is 0 Å². The molecule has 2 heteroatoms. The first kappa shape index (κ1) is 36.6. The van der Waals surface area contributed by atoms with Gasteiger partial charge in [-0.15, -0.1) is 0 Å². The van der Waals surface area contributed by atoms with Gasteiger partial charge < -0.3 is 9.47 Å². The fourth-order valence-corrected chi connectivity index (χ4v) is 10.4. The van der Waals surface area contributed by atoms with Crippen LogP contribution in [0.2, 0.25) is 0 Å². The number of aromatic nitrogens is 1. The van der Waals surface area contributed by atoms with Gasteiger partial charge in [-0.1, -0.05) is 188 Å². The smallest absolute Gasteiger partial charge is 0.0713 e. The number of para-hydroxylation sites is 4. The molecular weight excluding hydrogens is 761 g/mol. The number of benzene rings is 10. The molecule has 1 aliphatic rings. The fraction of sp³-hybridized carbons (Fsp3) is 0.0164. The summed E-state index contributed by atoms with van der Waals surface area (Å²) in [5, 5.41) is 2.50. The van der Waals surface area contributed by atoms with Gasteiger partial charge in [0, 0.05) is 33.4 Å². The Labute approximate surface area is 368 Å². The third kappa shape index (κ3) is 5.87. The summed E-state index contributed by atoms with van der Waals surface area (Å²) in [6, 6.07) is 93.2. The third-order valence-electron chi connectivity index (χ3n) is 13.1. The monoisotopic (exact) mass is 802 g/mol. The van der Waals surface area contributed by atoms with Crippen LogP contribution in [0, 0.1) is 0 Å². The molecule has 0 radical (unpaired) electrons. The van der Waals surface area contributed by atoms with Crippen molar-refractivity contribution >= 4 is 38.9 Å². The lowest BCUT2D eigenvalue weighted by atomic mass is 9.68. The van der Waals surface area contributed by atoms with E-state index < -0.39 is 5.41 Å². The zero-order valence-electron chi connectivity index (χ0n) is 34.6. The van der Waals surface area contributed by atoms with E-state index >= 15 is 0 Å². The number of fused-ring (bicyclic) bond motifs is 6. The zero-order chi connectivity index (χ0) is 41.7. The van der Waals surface area contributed by atoms with Crippen molar-refractivity contribution in [1.82, 2.24) is 4.57 Å². The Bertz CT molecular complexity index is 3400. The van der Waals surface area contributed by atoms with E-state index in [0.717, 1.165) is 33.9 Å². The molecule has 0 saturated heterocycles. The lowest BCUT2D eigenvalue weighted by Gasteiger charge is -2.34. The Morgan fingerprint density at radius 3 is 1.65 bits per heavy atom. The third-order valence-corrected chi connectivity index (χ3v) is 13.1. The van der Waals surface area contributed by atoms with Crippen LogP contribution in [-0.2, 0) is 5.41 Å². The molecular formula is C61H42N2. The van der Waals surface area contributed by atoms with E-state index in [2.05, 4.69) is 264 Å². The largest absolute Gasteiger partial charge is 0.310 e. The molecule has 0 fully saturated rings. The van der Waals surface area contributed by atoms with Crippen molar-refractivity contribution in [3.63, 3.8) is 0 Å². The predicted molar refractivity (Wildman–Crippen MR) is 264 cm³/mol. The van der Waals surface area contributed by atoms with Crippen molar-refractivity contribution in [3.05, 3.63) is 277 Å². The molecule has 0 spiro atoms. The van der Waals surface area contributed by atoms with E-state index in [9.17, 15) is 0 Å². The van der Waals surface area contributed by atoms with Crippen LogP contribution in [0.1, 0.15) is 22.3 Å². The van der Waals surface area contributed by atoms with Crippen molar-refractivity contribution in [3.8, 4) is 39.1 Å². The summed E-state index contributed by atoms with van der Waals surface area (Å²) >= 11 is 0. The van der Waals surface area contributed by atoms with Crippen molar-refractivity contribution in [1.29, 1.82) is 0 Å².